The Hall–Kier alpha value is -1.02. The maximum absolute atomic E-state index is 5.80. The maximum atomic E-state index is 5.80. The minimum absolute atomic E-state index is 0.353. The van der Waals surface area contributed by atoms with Crippen molar-refractivity contribution in [2.24, 2.45) is 11.7 Å². The Kier molecular flexibility index (Phi) is 3.83. The standard InChI is InChI=1S/C14H22N2/c1-12(15)7-8-13-9-10-16(11-13)14-5-3-2-4-6-14/h2-6,12-13H,7-11,15H2,1H3. The molecule has 2 heteroatoms. The van der Waals surface area contributed by atoms with Gasteiger partial charge in [0.15, 0.2) is 0 Å². The molecule has 2 unspecified atom stereocenters. The molecule has 1 fully saturated rings. The fraction of sp³-hybridized carbons (Fsp3) is 0.571. The Bertz CT molecular complexity index is 308. The Morgan fingerprint density at radius 3 is 2.81 bits per heavy atom. The summed E-state index contributed by atoms with van der Waals surface area (Å²) in [7, 11) is 0. The number of anilines is 1. The van der Waals surface area contributed by atoms with Crippen LogP contribution in [0.15, 0.2) is 30.3 Å². The van der Waals surface area contributed by atoms with Crippen molar-refractivity contribution in [3.05, 3.63) is 30.3 Å². The van der Waals surface area contributed by atoms with Gasteiger partial charge in [-0.1, -0.05) is 18.2 Å². The van der Waals surface area contributed by atoms with Gasteiger partial charge in [-0.15, -0.1) is 0 Å². The van der Waals surface area contributed by atoms with Crippen LogP contribution in [0.25, 0.3) is 0 Å². The largest absolute Gasteiger partial charge is 0.371 e. The van der Waals surface area contributed by atoms with Crippen molar-refractivity contribution in [3.63, 3.8) is 0 Å². The Labute approximate surface area is 98.4 Å². The topological polar surface area (TPSA) is 29.3 Å². The van der Waals surface area contributed by atoms with Crippen molar-refractivity contribution >= 4 is 5.69 Å². The molecule has 2 N–H and O–H groups in total. The van der Waals surface area contributed by atoms with E-state index in [9.17, 15) is 0 Å². The Morgan fingerprint density at radius 2 is 2.12 bits per heavy atom. The fourth-order valence-corrected chi connectivity index (χ4v) is 2.44. The summed E-state index contributed by atoms with van der Waals surface area (Å²) in [4.78, 5) is 2.49. The van der Waals surface area contributed by atoms with Crippen LogP contribution in [0.2, 0.25) is 0 Å². The molecule has 0 aromatic heterocycles. The summed E-state index contributed by atoms with van der Waals surface area (Å²) >= 11 is 0. The summed E-state index contributed by atoms with van der Waals surface area (Å²) in [6.07, 6.45) is 3.76. The lowest BCUT2D eigenvalue weighted by Gasteiger charge is -2.18. The van der Waals surface area contributed by atoms with E-state index in [1.165, 1.54) is 31.6 Å². The Balaban J connectivity index is 1.84. The average Bonchev–Trinajstić information content (AvgIpc) is 2.76. The van der Waals surface area contributed by atoms with Crippen LogP contribution in [0.5, 0.6) is 0 Å². The lowest BCUT2D eigenvalue weighted by atomic mass is 10.0. The maximum Gasteiger partial charge on any atom is 0.0366 e. The van der Waals surface area contributed by atoms with Gasteiger partial charge in [0, 0.05) is 24.8 Å². The van der Waals surface area contributed by atoms with Gasteiger partial charge in [-0.25, -0.2) is 0 Å². The van der Waals surface area contributed by atoms with Crippen molar-refractivity contribution in [3.8, 4) is 0 Å². The lowest BCUT2D eigenvalue weighted by molar-refractivity contribution is 0.483. The number of hydrogen-bond donors (Lipinski definition) is 1. The van der Waals surface area contributed by atoms with Crippen molar-refractivity contribution in [2.75, 3.05) is 18.0 Å². The van der Waals surface area contributed by atoms with Gasteiger partial charge in [0.05, 0.1) is 0 Å². The summed E-state index contributed by atoms with van der Waals surface area (Å²) in [5.74, 6) is 0.839. The third kappa shape index (κ3) is 2.99. The van der Waals surface area contributed by atoms with E-state index >= 15 is 0 Å². The van der Waals surface area contributed by atoms with Gasteiger partial charge in [-0.2, -0.15) is 0 Å². The van der Waals surface area contributed by atoms with E-state index in [2.05, 4.69) is 42.2 Å². The lowest BCUT2D eigenvalue weighted by Crippen LogP contribution is -2.20. The van der Waals surface area contributed by atoms with E-state index in [1.54, 1.807) is 0 Å². The molecule has 0 saturated carbocycles. The third-order valence-electron chi connectivity index (χ3n) is 3.44. The van der Waals surface area contributed by atoms with E-state index in [4.69, 9.17) is 5.73 Å². The molecule has 0 spiro atoms. The monoisotopic (exact) mass is 218 g/mol. The van der Waals surface area contributed by atoms with Gasteiger partial charge in [-0.05, 0) is 44.2 Å². The molecule has 1 aliphatic heterocycles. The minimum Gasteiger partial charge on any atom is -0.371 e. The molecule has 88 valence electrons. The predicted octanol–water partition coefficient (Wildman–Crippen LogP) is 2.64. The van der Waals surface area contributed by atoms with Gasteiger partial charge in [0.1, 0.15) is 0 Å². The van der Waals surface area contributed by atoms with Crippen molar-refractivity contribution in [2.45, 2.75) is 32.2 Å². The average molecular weight is 218 g/mol. The highest BCUT2D eigenvalue weighted by Crippen LogP contribution is 2.26. The SMILES string of the molecule is CC(N)CCC1CCN(c2ccccc2)C1. The van der Waals surface area contributed by atoms with Crippen LogP contribution >= 0.6 is 0 Å². The van der Waals surface area contributed by atoms with E-state index in [1.807, 2.05) is 0 Å². The second-order valence-corrected chi connectivity index (χ2v) is 4.99. The molecule has 1 aromatic rings. The quantitative estimate of drug-likeness (QED) is 0.842. The normalized spacial score (nSPS) is 22.4. The second kappa shape index (κ2) is 5.35. The Morgan fingerprint density at radius 1 is 1.38 bits per heavy atom. The van der Waals surface area contributed by atoms with Crippen LogP contribution in [0.3, 0.4) is 0 Å². The molecule has 2 nitrogen and oxygen atoms in total. The van der Waals surface area contributed by atoms with Gasteiger partial charge >= 0.3 is 0 Å². The predicted molar refractivity (Wildman–Crippen MR) is 69.6 cm³/mol. The van der Waals surface area contributed by atoms with Crippen molar-refractivity contribution < 1.29 is 0 Å². The molecule has 1 aliphatic rings. The molecular weight excluding hydrogens is 196 g/mol. The molecule has 2 atom stereocenters. The van der Waals surface area contributed by atoms with Gasteiger partial charge in [-0.3, -0.25) is 0 Å². The van der Waals surface area contributed by atoms with E-state index in [0.29, 0.717) is 6.04 Å². The van der Waals surface area contributed by atoms with E-state index in [-0.39, 0.29) is 0 Å². The van der Waals surface area contributed by atoms with Crippen molar-refractivity contribution in [1.82, 2.24) is 0 Å². The van der Waals surface area contributed by atoms with Crippen molar-refractivity contribution in [1.29, 1.82) is 0 Å². The molecule has 1 heterocycles. The van der Waals surface area contributed by atoms with Crippen LogP contribution in [-0.4, -0.2) is 19.1 Å². The summed E-state index contributed by atoms with van der Waals surface area (Å²) in [5, 5.41) is 0. The zero-order valence-corrected chi connectivity index (χ0v) is 10.1. The summed E-state index contributed by atoms with van der Waals surface area (Å²) < 4.78 is 0. The number of nitrogens with zero attached hydrogens (tertiary/aromatic N) is 1. The first kappa shape index (κ1) is 11.5. The molecule has 1 saturated heterocycles. The molecule has 2 rings (SSSR count). The minimum atomic E-state index is 0.353. The molecule has 0 radical (unpaired) electrons. The number of benzene rings is 1. The first-order valence-electron chi connectivity index (χ1n) is 6.31. The number of nitrogens with two attached hydrogens (primary N) is 1. The van der Waals surface area contributed by atoms with Crippen LogP contribution in [0.1, 0.15) is 26.2 Å². The van der Waals surface area contributed by atoms with Gasteiger partial charge in [0.25, 0.3) is 0 Å². The number of para-hydroxylation sites is 1. The van der Waals surface area contributed by atoms with Crippen LogP contribution in [0, 0.1) is 5.92 Å². The highest BCUT2D eigenvalue weighted by atomic mass is 15.1. The second-order valence-electron chi connectivity index (χ2n) is 4.99. The fourth-order valence-electron chi connectivity index (χ4n) is 2.44. The first-order valence-corrected chi connectivity index (χ1v) is 6.31. The number of hydrogen-bond acceptors (Lipinski definition) is 2. The number of rotatable bonds is 4. The van der Waals surface area contributed by atoms with Crippen LogP contribution < -0.4 is 10.6 Å². The highest BCUT2D eigenvalue weighted by Gasteiger charge is 2.22. The van der Waals surface area contributed by atoms with Crippen LogP contribution in [-0.2, 0) is 0 Å². The highest BCUT2D eigenvalue weighted by molar-refractivity contribution is 5.46. The first-order chi connectivity index (χ1) is 7.75. The van der Waals surface area contributed by atoms with E-state index in [0.717, 1.165) is 12.3 Å². The molecule has 0 aliphatic carbocycles. The summed E-state index contributed by atoms with van der Waals surface area (Å²) in [6.45, 7) is 4.51. The molecule has 0 bridgehead atoms. The van der Waals surface area contributed by atoms with Gasteiger partial charge < -0.3 is 10.6 Å². The zero-order chi connectivity index (χ0) is 11.4. The van der Waals surface area contributed by atoms with Gasteiger partial charge in [0.2, 0.25) is 0 Å². The molecule has 1 aromatic carbocycles. The molecule has 16 heavy (non-hydrogen) atoms. The molecular formula is C14H22N2. The summed E-state index contributed by atoms with van der Waals surface area (Å²) in [6, 6.07) is 11.1. The third-order valence-corrected chi connectivity index (χ3v) is 3.44. The van der Waals surface area contributed by atoms with Crippen LogP contribution in [0.4, 0.5) is 5.69 Å². The molecule has 0 amide bonds. The summed E-state index contributed by atoms with van der Waals surface area (Å²) in [5.41, 5.74) is 7.17. The zero-order valence-electron chi connectivity index (χ0n) is 10.1. The van der Waals surface area contributed by atoms with E-state index < -0.39 is 0 Å². The smallest absolute Gasteiger partial charge is 0.0366 e.